The van der Waals surface area contributed by atoms with Gasteiger partial charge in [-0.25, -0.2) is 9.78 Å². The summed E-state index contributed by atoms with van der Waals surface area (Å²) in [6, 6.07) is 12.5. The summed E-state index contributed by atoms with van der Waals surface area (Å²) in [6.45, 7) is 14.0. The van der Waals surface area contributed by atoms with Crippen LogP contribution in [-0.4, -0.2) is 63.7 Å². The number of hydrogen-bond acceptors (Lipinski definition) is 7. The molecular weight excluding hydrogens is 496 g/mol. The molecule has 1 aromatic carbocycles. The minimum atomic E-state index is -1.13. The lowest BCUT2D eigenvalue weighted by Gasteiger charge is -2.40. The van der Waals surface area contributed by atoms with Crippen LogP contribution in [0, 0.1) is 0 Å². The van der Waals surface area contributed by atoms with Gasteiger partial charge < -0.3 is 19.3 Å². The molecule has 0 aliphatic carbocycles. The van der Waals surface area contributed by atoms with Crippen LogP contribution in [-0.2, 0) is 29.0 Å². The van der Waals surface area contributed by atoms with Gasteiger partial charge in [0.2, 0.25) is 5.88 Å². The monoisotopic (exact) mass is 528 g/mol. The van der Waals surface area contributed by atoms with Gasteiger partial charge in [0.15, 0.2) is 5.82 Å². The molecule has 0 spiro atoms. The number of carboxylic acids is 1. The lowest BCUT2D eigenvalue weighted by atomic mass is 9.96. The van der Waals surface area contributed by atoms with Crippen molar-refractivity contribution in [3.05, 3.63) is 101 Å². The molecule has 39 heavy (non-hydrogen) atoms. The fourth-order valence-electron chi connectivity index (χ4n) is 4.90. The summed E-state index contributed by atoms with van der Waals surface area (Å²) in [7, 11) is 1.39. The van der Waals surface area contributed by atoms with E-state index in [1.165, 1.54) is 29.1 Å². The summed E-state index contributed by atoms with van der Waals surface area (Å²) in [6.07, 6.45) is 3.93. The summed E-state index contributed by atoms with van der Waals surface area (Å²) < 4.78 is 18.3. The molecule has 1 N–H and O–H groups in total. The van der Waals surface area contributed by atoms with Crippen molar-refractivity contribution in [2.45, 2.75) is 32.5 Å². The predicted molar refractivity (Wildman–Crippen MR) is 147 cm³/mol. The molecule has 0 saturated carbocycles. The van der Waals surface area contributed by atoms with Gasteiger partial charge in [0.1, 0.15) is 17.9 Å². The maximum atomic E-state index is 11.5. The maximum Gasteiger partial charge on any atom is 0.342 e. The van der Waals surface area contributed by atoms with Crippen LogP contribution in [0.3, 0.4) is 0 Å². The van der Waals surface area contributed by atoms with Gasteiger partial charge in [-0.3, -0.25) is 4.90 Å². The van der Waals surface area contributed by atoms with E-state index in [0.29, 0.717) is 35.5 Å². The van der Waals surface area contributed by atoms with E-state index in [4.69, 9.17) is 19.2 Å². The second kappa shape index (κ2) is 11.3. The Kier molecular flexibility index (Phi) is 7.63. The van der Waals surface area contributed by atoms with Crippen molar-refractivity contribution in [1.82, 2.24) is 19.7 Å². The average Bonchev–Trinajstić information content (AvgIpc) is 3.34. The maximum absolute atomic E-state index is 11.5. The van der Waals surface area contributed by atoms with Gasteiger partial charge in [0, 0.05) is 18.7 Å². The molecule has 9 heteroatoms. The molecule has 0 amide bonds. The number of benzene rings is 1. The topological polar surface area (TPSA) is 98.9 Å². The molecular formula is C30H32N4O5. The fraction of sp³-hybridized carbons (Fsp3) is 0.300. The first-order valence-corrected chi connectivity index (χ1v) is 12.8. The lowest BCUT2D eigenvalue weighted by molar-refractivity contribution is -0.0695. The summed E-state index contributed by atoms with van der Waals surface area (Å²) in [5, 5.41) is 13.6. The zero-order chi connectivity index (χ0) is 27.5. The highest BCUT2D eigenvalue weighted by atomic mass is 16.5. The van der Waals surface area contributed by atoms with E-state index in [2.05, 4.69) is 41.4 Å². The van der Waals surface area contributed by atoms with Crippen molar-refractivity contribution in [2.24, 2.45) is 0 Å². The molecule has 3 aromatic rings. The number of fused-ring (bicyclic) bond motifs is 1. The Bertz CT molecular complexity index is 1450. The first kappa shape index (κ1) is 26.4. The Balaban J connectivity index is 1.38. The first-order chi connectivity index (χ1) is 18.9. The standard InChI is InChI=1S/C30H32N4O5/c1-5-24(26-7-6-8-27(32-26)34-29(37-4)25(14-31-34)30(35)36)28(19(2)3)39-16-20-9-10-22-15-33(23-17-38-18-23)12-11-21(22)13-20/h5-10,13-14,23H,1-2,11-12,15-18H2,3-4H3,(H,35,36)/b28-24-. The second-order valence-electron chi connectivity index (χ2n) is 9.70. The normalized spacial score (nSPS) is 16.1. The summed E-state index contributed by atoms with van der Waals surface area (Å²) in [4.78, 5) is 18.7. The van der Waals surface area contributed by atoms with E-state index in [1.54, 1.807) is 18.2 Å². The molecule has 2 aromatic heterocycles. The third-order valence-corrected chi connectivity index (χ3v) is 7.05. The van der Waals surface area contributed by atoms with Crippen molar-refractivity contribution < 1.29 is 24.1 Å². The van der Waals surface area contributed by atoms with E-state index >= 15 is 0 Å². The zero-order valence-corrected chi connectivity index (χ0v) is 22.2. The zero-order valence-electron chi connectivity index (χ0n) is 22.2. The lowest BCUT2D eigenvalue weighted by Crippen LogP contribution is -2.50. The molecule has 1 fully saturated rings. The van der Waals surface area contributed by atoms with E-state index in [1.807, 2.05) is 13.0 Å². The molecule has 0 bridgehead atoms. The predicted octanol–water partition coefficient (Wildman–Crippen LogP) is 4.42. The van der Waals surface area contributed by atoms with Crippen molar-refractivity contribution in [3.63, 3.8) is 0 Å². The number of carboxylic acid groups (broad SMARTS) is 1. The minimum absolute atomic E-state index is 0.0510. The largest absolute Gasteiger partial charge is 0.488 e. The first-order valence-electron chi connectivity index (χ1n) is 12.8. The number of methoxy groups -OCH3 is 1. The second-order valence-corrected chi connectivity index (χ2v) is 9.70. The van der Waals surface area contributed by atoms with E-state index in [-0.39, 0.29) is 11.4 Å². The van der Waals surface area contributed by atoms with Crippen molar-refractivity contribution >= 4 is 11.5 Å². The summed E-state index contributed by atoms with van der Waals surface area (Å²) >= 11 is 0. The molecule has 2 aliphatic heterocycles. The highest BCUT2D eigenvalue weighted by Gasteiger charge is 2.28. The number of hydrogen-bond donors (Lipinski definition) is 1. The highest BCUT2D eigenvalue weighted by molar-refractivity contribution is 5.90. The number of rotatable bonds is 10. The van der Waals surface area contributed by atoms with Gasteiger partial charge >= 0.3 is 5.97 Å². The van der Waals surface area contributed by atoms with Gasteiger partial charge in [-0.05, 0) is 47.7 Å². The van der Waals surface area contributed by atoms with Gasteiger partial charge in [-0.1, -0.05) is 43.5 Å². The number of aromatic carboxylic acids is 1. The van der Waals surface area contributed by atoms with Gasteiger partial charge in [-0.2, -0.15) is 9.78 Å². The number of nitrogens with zero attached hydrogens (tertiary/aromatic N) is 4. The summed E-state index contributed by atoms with van der Waals surface area (Å²) in [5.41, 5.74) is 5.75. The molecule has 202 valence electrons. The molecule has 4 heterocycles. The van der Waals surface area contributed by atoms with Crippen molar-refractivity contribution in [2.75, 3.05) is 26.9 Å². The molecule has 5 rings (SSSR count). The molecule has 0 radical (unpaired) electrons. The third-order valence-electron chi connectivity index (χ3n) is 7.05. The van der Waals surface area contributed by atoms with Crippen LogP contribution in [0.4, 0.5) is 0 Å². The Morgan fingerprint density at radius 2 is 2.08 bits per heavy atom. The van der Waals surface area contributed by atoms with E-state index in [0.717, 1.165) is 43.9 Å². The van der Waals surface area contributed by atoms with Crippen molar-refractivity contribution in [3.8, 4) is 11.7 Å². The Labute approximate surface area is 227 Å². The number of ether oxygens (including phenoxy) is 3. The highest BCUT2D eigenvalue weighted by Crippen LogP contribution is 2.29. The van der Waals surface area contributed by atoms with E-state index in [9.17, 15) is 9.90 Å². The van der Waals surface area contributed by atoms with Crippen LogP contribution in [0.1, 0.15) is 39.7 Å². The average molecular weight is 529 g/mol. The van der Waals surface area contributed by atoms with Crippen LogP contribution in [0.5, 0.6) is 5.88 Å². The minimum Gasteiger partial charge on any atom is -0.488 e. The Morgan fingerprint density at radius 3 is 2.74 bits per heavy atom. The van der Waals surface area contributed by atoms with Crippen LogP contribution in [0.15, 0.2) is 73.2 Å². The SMILES string of the molecule is C=C/C(=C(/OCc1ccc2c(c1)CCN(C1COC1)C2)C(=C)C)c1cccc(-n2ncc(C(=O)O)c2OC)n1. The Hall–Kier alpha value is -4.21. The number of allylic oxidation sites excluding steroid dienone is 3. The van der Waals surface area contributed by atoms with Gasteiger partial charge in [-0.15, -0.1) is 0 Å². The van der Waals surface area contributed by atoms with Crippen molar-refractivity contribution in [1.29, 1.82) is 0 Å². The quantitative estimate of drug-likeness (QED) is 0.305. The number of aromatic nitrogens is 3. The smallest absolute Gasteiger partial charge is 0.342 e. The third kappa shape index (κ3) is 5.36. The Morgan fingerprint density at radius 1 is 1.26 bits per heavy atom. The molecule has 1 saturated heterocycles. The van der Waals surface area contributed by atoms with Gasteiger partial charge in [0.25, 0.3) is 0 Å². The van der Waals surface area contributed by atoms with Crippen LogP contribution in [0.2, 0.25) is 0 Å². The van der Waals surface area contributed by atoms with E-state index < -0.39 is 5.97 Å². The molecule has 0 atom stereocenters. The fourth-order valence-corrected chi connectivity index (χ4v) is 4.90. The number of pyridine rings is 1. The van der Waals surface area contributed by atoms with Crippen LogP contribution < -0.4 is 4.74 Å². The van der Waals surface area contributed by atoms with Crippen LogP contribution >= 0.6 is 0 Å². The molecule has 9 nitrogen and oxygen atoms in total. The van der Waals surface area contributed by atoms with Gasteiger partial charge in [0.05, 0.1) is 38.3 Å². The van der Waals surface area contributed by atoms with Crippen LogP contribution in [0.25, 0.3) is 11.4 Å². The molecule has 0 unspecified atom stereocenters. The number of carbonyl (C=O) groups is 1. The molecule has 2 aliphatic rings. The summed E-state index contributed by atoms with van der Waals surface area (Å²) in [5.74, 6) is -0.0628.